The molecule has 4 atom stereocenters. The summed E-state index contributed by atoms with van der Waals surface area (Å²) in [5, 5.41) is 39.5. The number of para-hydroxylation sites is 1. The highest BCUT2D eigenvalue weighted by Gasteiger charge is 2.79. The van der Waals surface area contributed by atoms with Gasteiger partial charge in [-0.1, -0.05) is 26.0 Å². The van der Waals surface area contributed by atoms with Crippen LogP contribution in [0, 0.1) is 56.2 Å². The maximum absolute atomic E-state index is 10.3. The van der Waals surface area contributed by atoms with E-state index in [1.54, 1.807) is 18.2 Å². The molecule has 0 saturated carbocycles. The molecule has 2 saturated heterocycles. The van der Waals surface area contributed by atoms with Gasteiger partial charge in [0, 0.05) is 12.0 Å². The number of methoxy groups -OCH3 is 2. The van der Waals surface area contributed by atoms with Crippen LogP contribution in [0.4, 0.5) is 0 Å². The van der Waals surface area contributed by atoms with E-state index in [1.807, 2.05) is 13.8 Å². The summed E-state index contributed by atoms with van der Waals surface area (Å²) in [5.74, 6) is -1.61. The van der Waals surface area contributed by atoms with Crippen molar-refractivity contribution in [3.05, 3.63) is 23.8 Å². The molecular formula is C22H24N4O4. The summed E-state index contributed by atoms with van der Waals surface area (Å²) in [4.78, 5) is 0. The fourth-order valence-corrected chi connectivity index (χ4v) is 5.07. The molecule has 2 heterocycles. The van der Waals surface area contributed by atoms with Gasteiger partial charge in [-0.05, 0) is 18.9 Å². The molecule has 2 fully saturated rings. The van der Waals surface area contributed by atoms with Crippen LogP contribution in [0.1, 0.15) is 44.8 Å². The zero-order valence-electron chi connectivity index (χ0n) is 17.5. The van der Waals surface area contributed by atoms with Crippen molar-refractivity contribution in [2.75, 3.05) is 14.2 Å². The van der Waals surface area contributed by atoms with Crippen LogP contribution in [0.3, 0.4) is 0 Å². The van der Waals surface area contributed by atoms with Gasteiger partial charge in [-0.15, -0.1) is 0 Å². The Bertz CT molecular complexity index is 974. The van der Waals surface area contributed by atoms with Crippen LogP contribution >= 0.6 is 0 Å². The summed E-state index contributed by atoms with van der Waals surface area (Å²) in [6.07, 6.45) is 0.296. The van der Waals surface area contributed by atoms with Crippen molar-refractivity contribution in [3.8, 4) is 29.7 Å². The van der Waals surface area contributed by atoms with Crippen molar-refractivity contribution >= 4 is 5.90 Å². The third kappa shape index (κ3) is 2.36. The second kappa shape index (κ2) is 7.52. The third-order valence-corrected chi connectivity index (χ3v) is 6.27. The van der Waals surface area contributed by atoms with E-state index in [-0.39, 0.29) is 0 Å². The van der Waals surface area contributed by atoms with E-state index in [0.29, 0.717) is 36.3 Å². The number of nitriles is 3. The molecule has 2 aliphatic rings. The summed E-state index contributed by atoms with van der Waals surface area (Å²) in [6, 6.07) is 11.3. The van der Waals surface area contributed by atoms with Gasteiger partial charge in [0.2, 0.25) is 17.1 Å². The van der Waals surface area contributed by atoms with Gasteiger partial charge < -0.3 is 18.9 Å². The Balaban J connectivity index is 2.39. The van der Waals surface area contributed by atoms with Gasteiger partial charge in [0.15, 0.2) is 16.9 Å². The van der Waals surface area contributed by atoms with E-state index in [0.717, 1.165) is 0 Å². The minimum atomic E-state index is -2.02. The van der Waals surface area contributed by atoms with Crippen LogP contribution in [0.5, 0.6) is 11.5 Å². The van der Waals surface area contributed by atoms with Gasteiger partial charge in [-0.3, -0.25) is 5.41 Å². The van der Waals surface area contributed by atoms with E-state index in [2.05, 4.69) is 18.2 Å². The molecule has 0 radical (unpaired) electrons. The first-order valence-electron chi connectivity index (χ1n) is 9.82. The lowest BCUT2D eigenvalue weighted by Crippen LogP contribution is -2.59. The Morgan fingerprint density at radius 3 is 2.30 bits per heavy atom. The van der Waals surface area contributed by atoms with Crippen LogP contribution in [0.2, 0.25) is 0 Å². The van der Waals surface area contributed by atoms with Crippen molar-refractivity contribution in [2.24, 2.45) is 16.7 Å². The normalized spacial score (nSPS) is 31.0. The Labute approximate surface area is 176 Å². The van der Waals surface area contributed by atoms with Crippen LogP contribution in [-0.2, 0) is 9.47 Å². The topological polar surface area (TPSA) is 132 Å². The Morgan fingerprint density at radius 2 is 1.80 bits per heavy atom. The number of benzene rings is 1. The molecular weight excluding hydrogens is 384 g/mol. The SMILES string of the molecule is CCCC12OC(=N)C(C#N)(C1CC)C(C#N)(C#N)C(c1cccc(OC)c1OC)O2. The first kappa shape index (κ1) is 21.4. The summed E-state index contributed by atoms with van der Waals surface area (Å²) in [7, 11) is 2.94. The quantitative estimate of drug-likeness (QED) is 0.756. The van der Waals surface area contributed by atoms with Crippen LogP contribution in [0.25, 0.3) is 0 Å². The molecule has 2 aliphatic heterocycles. The smallest absolute Gasteiger partial charge is 0.217 e. The predicted molar refractivity (Wildman–Crippen MR) is 105 cm³/mol. The number of ether oxygens (including phenoxy) is 4. The van der Waals surface area contributed by atoms with E-state index >= 15 is 0 Å². The molecule has 0 spiro atoms. The molecule has 1 aromatic rings. The predicted octanol–water partition coefficient (Wildman–Crippen LogP) is 3.85. The highest BCUT2D eigenvalue weighted by molar-refractivity contribution is 5.89. The van der Waals surface area contributed by atoms with Crippen molar-refractivity contribution in [1.82, 2.24) is 0 Å². The van der Waals surface area contributed by atoms with E-state index in [9.17, 15) is 15.8 Å². The van der Waals surface area contributed by atoms with E-state index in [4.69, 9.17) is 24.4 Å². The molecule has 156 valence electrons. The molecule has 0 amide bonds. The molecule has 3 rings (SSSR count). The number of nitrogens with zero attached hydrogens (tertiary/aromatic N) is 3. The van der Waals surface area contributed by atoms with E-state index in [1.165, 1.54) is 14.2 Å². The van der Waals surface area contributed by atoms with Gasteiger partial charge >= 0.3 is 0 Å². The van der Waals surface area contributed by atoms with E-state index < -0.39 is 34.5 Å². The summed E-state index contributed by atoms with van der Waals surface area (Å²) in [6.45, 7) is 3.79. The lowest BCUT2D eigenvalue weighted by atomic mass is 9.52. The lowest BCUT2D eigenvalue weighted by Gasteiger charge is -2.49. The van der Waals surface area contributed by atoms with Crippen molar-refractivity contribution in [3.63, 3.8) is 0 Å². The highest BCUT2D eigenvalue weighted by atomic mass is 16.7. The fraction of sp³-hybridized carbons (Fsp3) is 0.545. The molecule has 8 nitrogen and oxygen atoms in total. The molecule has 0 aromatic heterocycles. The average molecular weight is 408 g/mol. The number of hydrogen-bond acceptors (Lipinski definition) is 8. The third-order valence-electron chi connectivity index (χ3n) is 6.27. The zero-order chi connectivity index (χ0) is 22.2. The van der Waals surface area contributed by atoms with Crippen molar-refractivity contribution in [1.29, 1.82) is 21.2 Å². The Hall–Kier alpha value is -3.28. The number of fused-ring (bicyclic) bond motifs is 2. The van der Waals surface area contributed by atoms with Gasteiger partial charge in [0.25, 0.3) is 0 Å². The minimum absolute atomic E-state index is 0.306. The maximum atomic E-state index is 10.3. The van der Waals surface area contributed by atoms with Gasteiger partial charge in [-0.2, -0.15) is 15.8 Å². The summed E-state index contributed by atoms with van der Waals surface area (Å²) >= 11 is 0. The first-order valence-corrected chi connectivity index (χ1v) is 9.82. The zero-order valence-corrected chi connectivity index (χ0v) is 17.5. The molecule has 4 unspecified atom stereocenters. The summed E-state index contributed by atoms with van der Waals surface area (Å²) < 4.78 is 23.3. The maximum Gasteiger partial charge on any atom is 0.217 e. The second-order valence-corrected chi connectivity index (χ2v) is 7.49. The molecule has 1 aromatic carbocycles. The number of hydrogen-bond donors (Lipinski definition) is 1. The molecule has 30 heavy (non-hydrogen) atoms. The van der Waals surface area contributed by atoms with Crippen molar-refractivity contribution < 1.29 is 18.9 Å². The summed E-state index contributed by atoms with van der Waals surface area (Å²) in [5.41, 5.74) is -3.41. The lowest BCUT2D eigenvalue weighted by molar-refractivity contribution is -0.286. The van der Waals surface area contributed by atoms with Crippen LogP contribution < -0.4 is 9.47 Å². The van der Waals surface area contributed by atoms with Gasteiger partial charge in [-0.25, -0.2) is 0 Å². The Kier molecular flexibility index (Phi) is 5.37. The average Bonchev–Trinajstić information content (AvgIpc) is 2.96. The molecule has 2 bridgehead atoms. The van der Waals surface area contributed by atoms with Crippen LogP contribution in [0.15, 0.2) is 18.2 Å². The number of nitrogens with one attached hydrogen (secondary N) is 1. The second-order valence-electron chi connectivity index (χ2n) is 7.49. The Morgan fingerprint density at radius 1 is 1.10 bits per heavy atom. The first-order chi connectivity index (χ1) is 14.4. The minimum Gasteiger partial charge on any atom is -0.493 e. The van der Waals surface area contributed by atoms with Crippen molar-refractivity contribution in [2.45, 2.75) is 45.0 Å². The monoisotopic (exact) mass is 408 g/mol. The molecule has 8 heteroatoms. The highest BCUT2D eigenvalue weighted by Crippen LogP contribution is 2.68. The fourth-order valence-electron chi connectivity index (χ4n) is 5.07. The van der Waals surface area contributed by atoms with Crippen LogP contribution in [-0.4, -0.2) is 25.9 Å². The standard InChI is InChI=1S/C22H24N4O4/c1-5-10-22-16(6-2)21(13-25,19(26)30-22)20(11-23,12-24)18(29-22)14-8-7-9-15(27-3)17(14)28-4/h7-9,16,18,26H,5-6,10H2,1-4H3. The number of rotatable bonds is 6. The molecule has 0 aliphatic carbocycles. The van der Waals surface area contributed by atoms with Gasteiger partial charge in [0.1, 0.15) is 6.10 Å². The van der Waals surface area contributed by atoms with Gasteiger partial charge in [0.05, 0.1) is 38.3 Å². The largest absolute Gasteiger partial charge is 0.493 e. The molecule has 1 N–H and O–H groups in total.